The molecule has 0 bridgehead atoms. The van der Waals surface area contributed by atoms with E-state index in [1.165, 1.54) is 12.1 Å². The number of non-ortho nitro benzene ring substituents is 1. The van der Waals surface area contributed by atoms with Gasteiger partial charge in [0.05, 0.1) is 21.7 Å². The quantitative estimate of drug-likeness (QED) is 0.145. The molecule has 0 radical (unpaired) electrons. The largest absolute Gasteiger partial charge is 0.449 e. The second kappa shape index (κ2) is 10.6. The average Bonchev–Trinajstić information content (AvgIpc) is 3.59. The minimum atomic E-state index is -1.08. The zero-order valence-corrected chi connectivity index (χ0v) is 20.8. The zero-order valence-electron chi connectivity index (χ0n) is 20.0. The Hall–Kier alpha value is -4.90. The third-order valence-corrected chi connectivity index (χ3v) is 6.43. The number of nitro benzene ring substituents is 1. The molecule has 0 fully saturated rings. The summed E-state index contributed by atoms with van der Waals surface area (Å²) >= 11 is 1.16. The Bertz CT molecular complexity index is 1630. The lowest BCUT2D eigenvalue weighted by Crippen LogP contribution is -2.32. The molecule has 11 heteroatoms. The van der Waals surface area contributed by atoms with Crippen LogP contribution in [0.25, 0.3) is 33.8 Å². The maximum absolute atomic E-state index is 13.1. The number of oxazole rings is 1. The molecule has 1 unspecified atom stereocenters. The van der Waals surface area contributed by atoms with E-state index in [1.54, 1.807) is 54.8 Å². The first-order valence-electron chi connectivity index (χ1n) is 11.6. The highest BCUT2D eigenvalue weighted by molar-refractivity contribution is 7.14. The summed E-state index contributed by atoms with van der Waals surface area (Å²) in [5.41, 5.74) is 2.88. The van der Waals surface area contributed by atoms with Crippen molar-refractivity contribution >= 4 is 45.1 Å². The van der Waals surface area contributed by atoms with Gasteiger partial charge < -0.3 is 9.15 Å². The van der Waals surface area contributed by atoms with Crippen molar-refractivity contribution in [2.45, 2.75) is 19.4 Å². The van der Waals surface area contributed by atoms with Crippen LogP contribution in [0.15, 0.2) is 82.6 Å². The lowest BCUT2D eigenvalue weighted by atomic mass is 10.1. The van der Waals surface area contributed by atoms with E-state index in [0.29, 0.717) is 27.9 Å². The van der Waals surface area contributed by atoms with E-state index in [1.807, 2.05) is 18.2 Å². The highest BCUT2D eigenvalue weighted by Gasteiger charge is 2.26. The van der Waals surface area contributed by atoms with Gasteiger partial charge in [-0.25, -0.2) is 14.8 Å². The summed E-state index contributed by atoms with van der Waals surface area (Å²) in [6.45, 7) is 1.72. The molecule has 10 nitrogen and oxygen atoms in total. The topological polar surface area (TPSA) is 137 Å². The molecule has 3 aromatic carbocycles. The van der Waals surface area contributed by atoms with Crippen LogP contribution in [-0.2, 0) is 9.53 Å². The maximum Gasteiger partial charge on any atom is 0.339 e. The van der Waals surface area contributed by atoms with Gasteiger partial charge in [0.1, 0.15) is 5.52 Å². The van der Waals surface area contributed by atoms with Crippen molar-refractivity contribution in [2.24, 2.45) is 0 Å². The number of amides is 1. The van der Waals surface area contributed by atoms with Gasteiger partial charge in [0.25, 0.3) is 11.6 Å². The molecule has 5 aromatic rings. The molecule has 2 heterocycles. The number of nitrogens with one attached hydrogen (secondary N) is 1. The van der Waals surface area contributed by atoms with Gasteiger partial charge in [0, 0.05) is 23.1 Å². The smallest absolute Gasteiger partial charge is 0.339 e. The molecule has 0 aliphatic rings. The van der Waals surface area contributed by atoms with Crippen LogP contribution in [0.5, 0.6) is 0 Å². The van der Waals surface area contributed by atoms with Crippen molar-refractivity contribution in [1.82, 2.24) is 9.97 Å². The van der Waals surface area contributed by atoms with Gasteiger partial charge >= 0.3 is 5.97 Å². The second-order valence-corrected chi connectivity index (χ2v) is 9.03. The highest BCUT2D eigenvalue weighted by Crippen LogP contribution is 2.29. The van der Waals surface area contributed by atoms with E-state index < -0.39 is 22.9 Å². The third-order valence-electron chi connectivity index (χ3n) is 5.67. The van der Waals surface area contributed by atoms with Gasteiger partial charge in [-0.05, 0) is 30.7 Å². The Labute approximate surface area is 220 Å². The van der Waals surface area contributed by atoms with E-state index >= 15 is 0 Å². The fourth-order valence-corrected chi connectivity index (χ4v) is 4.50. The van der Waals surface area contributed by atoms with Crippen LogP contribution in [0.3, 0.4) is 0 Å². The third kappa shape index (κ3) is 5.13. The Morgan fingerprint density at radius 1 is 1.08 bits per heavy atom. The molecule has 38 heavy (non-hydrogen) atoms. The molecular formula is C27H20N4O6S. The number of carbonyl (C=O) groups is 2. The predicted octanol–water partition coefficient (Wildman–Crippen LogP) is 6.10. The van der Waals surface area contributed by atoms with Gasteiger partial charge in [-0.1, -0.05) is 43.3 Å². The number of nitro groups is 1. The normalized spacial score (nSPS) is 11.7. The van der Waals surface area contributed by atoms with Crippen LogP contribution in [0.4, 0.5) is 10.8 Å². The predicted molar refractivity (Wildman–Crippen MR) is 142 cm³/mol. The van der Waals surface area contributed by atoms with Crippen molar-refractivity contribution in [2.75, 3.05) is 5.32 Å². The number of esters is 1. The first-order chi connectivity index (χ1) is 18.4. The van der Waals surface area contributed by atoms with E-state index in [0.717, 1.165) is 11.3 Å². The molecule has 0 saturated heterocycles. The number of nitrogens with zero attached hydrogens (tertiary/aromatic N) is 3. The number of aromatic nitrogens is 2. The summed E-state index contributed by atoms with van der Waals surface area (Å²) in [5, 5.41) is 15.7. The summed E-state index contributed by atoms with van der Waals surface area (Å²) in [5.74, 6) is -0.964. The van der Waals surface area contributed by atoms with E-state index in [4.69, 9.17) is 9.15 Å². The van der Waals surface area contributed by atoms with Crippen LogP contribution in [0.2, 0.25) is 0 Å². The number of rotatable bonds is 8. The zero-order chi connectivity index (χ0) is 26.6. The van der Waals surface area contributed by atoms with Crippen molar-refractivity contribution in [3.63, 3.8) is 0 Å². The SMILES string of the molecule is CCC(OC(=O)c1ccccc1-c1nc2ccccc2o1)C(=O)Nc1nc(-c2cccc([N+](=O)[O-])c2)cs1. The molecule has 0 aliphatic heterocycles. The lowest BCUT2D eigenvalue weighted by molar-refractivity contribution is -0.384. The number of carbonyl (C=O) groups excluding carboxylic acids is 2. The first kappa shape index (κ1) is 24.8. The number of fused-ring (bicyclic) bond motifs is 1. The van der Waals surface area contributed by atoms with Crippen molar-refractivity contribution in [3.05, 3.63) is 93.9 Å². The molecule has 5 rings (SSSR count). The molecule has 0 spiro atoms. The average molecular weight is 529 g/mol. The van der Waals surface area contributed by atoms with Crippen molar-refractivity contribution in [3.8, 4) is 22.7 Å². The van der Waals surface area contributed by atoms with Gasteiger partial charge in [-0.2, -0.15) is 0 Å². The van der Waals surface area contributed by atoms with E-state index in [9.17, 15) is 19.7 Å². The summed E-state index contributed by atoms with van der Waals surface area (Å²) in [6.07, 6.45) is -0.851. The van der Waals surface area contributed by atoms with Gasteiger partial charge in [-0.3, -0.25) is 20.2 Å². The van der Waals surface area contributed by atoms with Crippen LogP contribution in [0, 0.1) is 10.1 Å². The number of ether oxygens (including phenoxy) is 1. The van der Waals surface area contributed by atoms with Crippen molar-refractivity contribution in [1.29, 1.82) is 0 Å². The first-order valence-corrected chi connectivity index (χ1v) is 12.5. The second-order valence-electron chi connectivity index (χ2n) is 8.17. The van der Waals surface area contributed by atoms with E-state index in [-0.39, 0.29) is 28.7 Å². The summed E-state index contributed by atoms with van der Waals surface area (Å²) in [7, 11) is 0. The molecule has 190 valence electrons. The van der Waals surface area contributed by atoms with Gasteiger partial charge in [0.2, 0.25) is 5.89 Å². The monoisotopic (exact) mass is 528 g/mol. The van der Waals surface area contributed by atoms with Crippen molar-refractivity contribution < 1.29 is 23.7 Å². The Kier molecular flexibility index (Phi) is 6.92. The number of hydrogen-bond acceptors (Lipinski definition) is 9. The molecular weight excluding hydrogens is 508 g/mol. The number of benzene rings is 3. The van der Waals surface area contributed by atoms with Gasteiger partial charge in [0.15, 0.2) is 16.8 Å². The summed E-state index contributed by atoms with van der Waals surface area (Å²) in [4.78, 5) is 45.4. The Morgan fingerprint density at radius 3 is 2.66 bits per heavy atom. The van der Waals surface area contributed by atoms with Gasteiger partial charge in [-0.15, -0.1) is 11.3 Å². The standard InChI is InChI=1S/C27H20N4O6S/c1-2-22(24(32)30-27-29-21(15-38-27)16-8-7-9-17(14-16)31(34)35)37-26(33)19-11-4-3-10-18(19)25-28-20-12-5-6-13-23(20)36-25/h3-15,22H,2H2,1H3,(H,29,30,32). The summed E-state index contributed by atoms with van der Waals surface area (Å²) < 4.78 is 11.4. The van der Waals surface area contributed by atoms with Crippen LogP contribution >= 0.6 is 11.3 Å². The number of para-hydroxylation sites is 2. The lowest BCUT2D eigenvalue weighted by Gasteiger charge is -2.16. The Morgan fingerprint density at radius 2 is 1.87 bits per heavy atom. The van der Waals surface area contributed by atoms with Crippen LogP contribution in [0.1, 0.15) is 23.7 Å². The molecule has 1 amide bonds. The van der Waals surface area contributed by atoms with Crippen LogP contribution < -0.4 is 5.32 Å². The van der Waals surface area contributed by atoms with Crippen LogP contribution in [-0.4, -0.2) is 32.9 Å². The maximum atomic E-state index is 13.1. The Balaban J connectivity index is 1.31. The number of thiazole rings is 1. The molecule has 0 aliphatic carbocycles. The number of hydrogen-bond donors (Lipinski definition) is 1. The molecule has 2 aromatic heterocycles. The fraction of sp³-hybridized carbons (Fsp3) is 0.111. The van der Waals surface area contributed by atoms with E-state index in [2.05, 4.69) is 15.3 Å². The minimum absolute atomic E-state index is 0.0582. The number of anilines is 1. The fourth-order valence-electron chi connectivity index (χ4n) is 3.78. The summed E-state index contributed by atoms with van der Waals surface area (Å²) in [6, 6.07) is 20.1. The molecule has 0 saturated carbocycles. The minimum Gasteiger partial charge on any atom is -0.449 e. The molecule has 1 atom stereocenters. The highest BCUT2D eigenvalue weighted by atomic mass is 32.1. The molecule has 1 N–H and O–H groups in total.